The molecule has 0 spiro atoms. The van der Waals surface area contributed by atoms with E-state index in [1.807, 2.05) is 37.3 Å². The van der Waals surface area contributed by atoms with E-state index >= 15 is 0 Å². The SMILES string of the molecule is CCO[C@H]1C=Cc2ccc(OC)cc2O1. The maximum Gasteiger partial charge on any atom is 0.220 e. The van der Waals surface area contributed by atoms with Crippen LogP contribution in [0.25, 0.3) is 6.08 Å². The van der Waals surface area contributed by atoms with Crippen molar-refractivity contribution in [2.75, 3.05) is 13.7 Å². The Morgan fingerprint density at radius 2 is 2.27 bits per heavy atom. The number of hydrogen-bond donors (Lipinski definition) is 0. The van der Waals surface area contributed by atoms with E-state index in [-0.39, 0.29) is 6.29 Å². The normalized spacial score (nSPS) is 18.1. The molecule has 0 saturated heterocycles. The average molecular weight is 206 g/mol. The highest BCUT2D eigenvalue weighted by Gasteiger charge is 2.14. The van der Waals surface area contributed by atoms with Gasteiger partial charge in [0.05, 0.1) is 7.11 Å². The molecule has 0 amide bonds. The Labute approximate surface area is 89.3 Å². The molecule has 80 valence electrons. The molecular weight excluding hydrogens is 192 g/mol. The molecule has 3 heteroatoms. The molecule has 0 unspecified atom stereocenters. The number of methoxy groups -OCH3 is 1. The molecule has 0 aliphatic carbocycles. The summed E-state index contributed by atoms with van der Waals surface area (Å²) < 4.78 is 16.1. The van der Waals surface area contributed by atoms with Crippen molar-refractivity contribution in [1.29, 1.82) is 0 Å². The van der Waals surface area contributed by atoms with Crippen LogP contribution in [0.3, 0.4) is 0 Å². The van der Waals surface area contributed by atoms with Crippen molar-refractivity contribution in [3.8, 4) is 11.5 Å². The van der Waals surface area contributed by atoms with Gasteiger partial charge in [0.1, 0.15) is 11.5 Å². The number of benzene rings is 1. The fourth-order valence-electron chi connectivity index (χ4n) is 1.48. The van der Waals surface area contributed by atoms with E-state index in [1.165, 1.54) is 0 Å². The van der Waals surface area contributed by atoms with Crippen LogP contribution in [0.5, 0.6) is 11.5 Å². The van der Waals surface area contributed by atoms with E-state index in [0.29, 0.717) is 6.61 Å². The number of fused-ring (bicyclic) bond motifs is 1. The van der Waals surface area contributed by atoms with E-state index in [2.05, 4.69) is 0 Å². The lowest BCUT2D eigenvalue weighted by Gasteiger charge is -2.21. The van der Waals surface area contributed by atoms with Crippen LogP contribution in [0, 0.1) is 0 Å². The third-order valence-electron chi connectivity index (χ3n) is 2.23. The molecule has 0 N–H and O–H groups in total. The zero-order valence-electron chi connectivity index (χ0n) is 8.90. The Morgan fingerprint density at radius 1 is 1.40 bits per heavy atom. The molecule has 0 aromatic heterocycles. The van der Waals surface area contributed by atoms with Gasteiger partial charge in [-0.3, -0.25) is 0 Å². The molecule has 1 aromatic carbocycles. The zero-order chi connectivity index (χ0) is 10.7. The van der Waals surface area contributed by atoms with Gasteiger partial charge in [-0.15, -0.1) is 0 Å². The lowest BCUT2D eigenvalue weighted by Crippen LogP contribution is -2.20. The maximum atomic E-state index is 5.63. The molecule has 0 saturated carbocycles. The van der Waals surface area contributed by atoms with Gasteiger partial charge in [-0.2, -0.15) is 0 Å². The second kappa shape index (κ2) is 4.36. The summed E-state index contributed by atoms with van der Waals surface area (Å²) in [5, 5.41) is 0. The topological polar surface area (TPSA) is 27.7 Å². The first-order valence-corrected chi connectivity index (χ1v) is 4.98. The van der Waals surface area contributed by atoms with Crippen LogP contribution in [-0.4, -0.2) is 20.0 Å². The fraction of sp³-hybridized carbons (Fsp3) is 0.333. The molecule has 0 bridgehead atoms. The van der Waals surface area contributed by atoms with Gasteiger partial charge in [0.15, 0.2) is 0 Å². The van der Waals surface area contributed by atoms with Crippen LogP contribution in [0.4, 0.5) is 0 Å². The van der Waals surface area contributed by atoms with Gasteiger partial charge in [0.2, 0.25) is 6.29 Å². The molecule has 0 radical (unpaired) electrons. The van der Waals surface area contributed by atoms with Gasteiger partial charge < -0.3 is 14.2 Å². The van der Waals surface area contributed by atoms with Gasteiger partial charge in [-0.05, 0) is 31.2 Å². The minimum atomic E-state index is -0.283. The summed E-state index contributed by atoms with van der Waals surface area (Å²) in [5.41, 5.74) is 1.05. The molecule has 0 fully saturated rings. The summed E-state index contributed by atoms with van der Waals surface area (Å²) in [4.78, 5) is 0. The zero-order valence-corrected chi connectivity index (χ0v) is 8.90. The molecule has 1 atom stereocenters. The first kappa shape index (κ1) is 10.1. The highest BCUT2D eigenvalue weighted by Crippen LogP contribution is 2.30. The second-order valence-corrected chi connectivity index (χ2v) is 3.20. The third kappa shape index (κ3) is 2.13. The second-order valence-electron chi connectivity index (χ2n) is 3.20. The van der Waals surface area contributed by atoms with E-state index in [0.717, 1.165) is 17.1 Å². The van der Waals surface area contributed by atoms with E-state index in [1.54, 1.807) is 7.11 Å². The predicted molar refractivity (Wildman–Crippen MR) is 58.1 cm³/mol. The van der Waals surface area contributed by atoms with Crippen LogP contribution >= 0.6 is 0 Å². The first-order chi connectivity index (χ1) is 7.33. The summed E-state index contributed by atoms with van der Waals surface area (Å²) in [6, 6.07) is 5.74. The fourth-order valence-corrected chi connectivity index (χ4v) is 1.48. The summed E-state index contributed by atoms with van der Waals surface area (Å²) in [5.74, 6) is 1.59. The van der Waals surface area contributed by atoms with Crippen molar-refractivity contribution >= 4 is 6.08 Å². The van der Waals surface area contributed by atoms with Crippen LogP contribution < -0.4 is 9.47 Å². The van der Waals surface area contributed by atoms with Crippen LogP contribution in [-0.2, 0) is 4.74 Å². The summed E-state index contributed by atoms with van der Waals surface area (Å²) in [7, 11) is 1.64. The Kier molecular flexibility index (Phi) is 2.92. The van der Waals surface area contributed by atoms with Crippen molar-refractivity contribution in [1.82, 2.24) is 0 Å². The van der Waals surface area contributed by atoms with E-state index in [4.69, 9.17) is 14.2 Å². The maximum absolute atomic E-state index is 5.63. The average Bonchev–Trinajstić information content (AvgIpc) is 2.28. The number of ether oxygens (including phenoxy) is 3. The van der Waals surface area contributed by atoms with E-state index in [9.17, 15) is 0 Å². The Bertz CT molecular complexity index is 371. The molecule has 1 aromatic rings. The smallest absolute Gasteiger partial charge is 0.220 e. The highest BCUT2D eigenvalue weighted by molar-refractivity contribution is 5.61. The van der Waals surface area contributed by atoms with Gasteiger partial charge in [0.25, 0.3) is 0 Å². The van der Waals surface area contributed by atoms with Gasteiger partial charge in [0, 0.05) is 18.2 Å². The quantitative estimate of drug-likeness (QED) is 0.760. The van der Waals surface area contributed by atoms with Crippen molar-refractivity contribution < 1.29 is 14.2 Å². The standard InChI is InChI=1S/C12H14O3/c1-3-14-12-7-5-9-4-6-10(13-2)8-11(9)15-12/h4-8,12H,3H2,1-2H3/t12-/m1/s1. The van der Waals surface area contributed by atoms with Gasteiger partial charge in [-0.25, -0.2) is 0 Å². The van der Waals surface area contributed by atoms with E-state index < -0.39 is 0 Å². The summed E-state index contributed by atoms with van der Waals surface area (Å²) in [6.45, 7) is 2.58. The largest absolute Gasteiger partial charge is 0.497 e. The molecule has 15 heavy (non-hydrogen) atoms. The lowest BCUT2D eigenvalue weighted by atomic mass is 10.1. The Hall–Kier alpha value is -1.48. The molecule has 1 heterocycles. The van der Waals surface area contributed by atoms with Gasteiger partial charge in [-0.1, -0.05) is 0 Å². The van der Waals surface area contributed by atoms with Crippen molar-refractivity contribution in [3.63, 3.8) is 0 Å². The molecule has 2 rings (SSSR count). The Morgan fingerprint density at radius 3 is 3.00 bits per heavy atom. The molecule has 1 aliphatic rings. The van der Waals surface area contributed by atoms with Crippen LogP contribution in [0.2, 0.25) is 0 Å². The molecule has 1 aliphatic heterocycles. The minimum Gasteiger partial charge on any atom is -0.497 e. The summed E-state index contributed by atoms with van der Waals surface area (Å²) >= 11 is 0. The highest BCUT2D eigenvalue weighted by atomic mass is 16.7. The van der Waals surface area contributed by atoms with Crippen LogP contribution in [0.1, 0.15) is 12.5 Å². The van der Waals surface area contributed by atoms with Gasteiger partial charge >= 0.3 is 0 Å². The number of rotatable bonds is 3. The summed E-state index contributed by atoms with van der Waals surface area (Å²) in [6.07, 6.45) is 3.62. The lowest BCUT2D eigenvalue weighted by molar-refractivity contribution is -0.0414. The number of hydrogen-bond acceptors (Lipinski definition) is 3. The predicted octanol–water partition coefficient (Wildman–Crippen LogP) is 2.46. The monoisotopic (exact) mass is 206 g/mol. The third-order valence-corrected chi connectivity index (χ3v) is 2.23. The molecular formula is C12H14O3. The van der Waals surface area contributed by atoms with Crippen molar-refractivity contribution in [2.45, 2.75) is 13.2 Å². The Balaban J connectivity index is 2.22. The van der Waals surface area contributed by atoms with Crippen molar-refractivity contribution in [3.05, 3.63) is 29.8 Å². The van der Waals surface area contributed by atoms with Crippen molar-refractivity contribution in [2.24, 2.45) is 0 Å². The first-order valence-electron chi connectivity index (χ1n) is 4.98. The van der Waals surface area contributed by atoms with Crippen LogP contribution in [0.15, 0.2) is 24.3 Å². The minimum absolute atomic E-state index is 0.283. The molecule has 3 nitrogen and oxygen atoms in total.